The van der Waals surface area contributed by atoms with E-state index in [0.717, 1.165) is 17.6 Å². The molecule has 0 aliphatic rings. The van der Waals surface area contributed by atoms with Gasteiger partial charge in [0, 0.05) is 11.6 Å². The number of nitrogens with one attached hydrogen (secondary N) is 3. The van der Waals surface area contributed by atoms with Gasteiger partial charge >= 0.3 is 0 Å². The number of benzene rings is 2. The van der Waals surface area contributed by atoms with Crippen LogP contribution in [0.2, 0.25) is 0 Å². The Morgan fingerprint density at radius 2 is 1.79 bits per heavy atom. The van der Waals surface area contributed by atoms with Crippen LogP contribution in [0.15, 0.2) is 42.5 Å². The molecule has 8 heteroatoms. The maximum absolute atomic E-state index is 13.4. The van der Waals surface area contributed by atoms with E-state index in [-0.39, 0.29) is 17.4 Å². The Morgan fingerprint density at radius 3 is 2.43 bits per heavy atom. The average molecular weight is 386 g/mol. The Labute approximate surface area is 160 Å². The number of aromatic nitrogens is 2. The Morgan fingerprint density at radius 1 is 1.11 bits per heavy atom. The SMILES string of the molecule is CC(C)C[C@@H](NC(=O)c1cc(F)cc(F)c1)C(=O)Nc1nc2ccccc2[nH]1. The molecule has 0 bridgehead atoms. The first-order valence-corrected chi connectivity index (χ1v) is 8.84. The molecule has 0 radical (unpaired) electrons. The number of H-pyrrole nitrogens is 1. The van der Waals surface area contributed by atoms with Crippen molar-refractivity contribution >= 4 is 28.8 Å². The van der Waals surface area contributed by atoms with Crippen molar-refractivity contribution in [1.29, 1.82) is 0 Å². The van der Waals surface area contributed by atoms with Crippen molar-refractivity contribution in [3.05, 3.63) is 59.7 Å². The minimum absolute atomic E-state index is 0.0935. The highest BCUT2D eigenvalue weighted by Crippen LogP contribution is 2.15. The maximum Gasteiger partial charge on any atom is 0.252 e. The minimum Gasteiger partial charge on any atom is -0.340 e. The van der Waals surface area contributed by atoms with Crippen LogP contribution < -0.4 is 10.6 Å². The monoisotopic (exact) mass is 386 g/mol. The van der Waals surface area contributed by atoms with Gasteiger partial charge in [-0.2, -0.15) is 0 Å². The molecule has 6 nitrogen and oxygen atoms in total. The zero-order chi connectivity index (χ0) is 20.3. The lowest BCUT2D eigenvalue weighted by Gasteiger charge is -2.19. The Bertz CT molecular complexity index is 963. The first-order chi connectivity index (χ1) is 13.3. The standard InChI is InChI=1S/C20H20F2N4O2/c1-11(2)7-17(23-18(27)12-8-13(21)10-14(22)9-12)19(28)26-20-24-15-5-3-4-6-16(15)25-20/h3-6,8-11,17H,7H2,1-2H3,(H,23,27)(H2,24,25,26,28)/t17-/m1/s1. The number of carbonyl (C=O) groups excluding carboxylic acids is 2. The molecule has 146 valence electrons. The van der Waals surface area contributed by atoms with Crippen molar-refractivity contribution in [2.45, 2.75) is 26.3 Å². The van der Waals surface area contributed by atoms with Gasteiger partial charge in [-0.3, -0.25) is 14.9 Å². The number of anilines is 1. The molecule has 1 heterocycles. The largest absolute Gasteiger partial charge is 0.340 e. The fourth-order valence-corrected chi connectivity index (χ4v) is 2.85. The van der Waals surface area contributed by atoms with Crippen LogP contribution >= 0.6 is 0 Å². The second-order valence-corrected chi connectivity index (χ2v) is 6.91. The third-order valence-electron chi connectivity index (χ3n) is 4.08. The Hall–Kier alpha value is -3.29. The van der Waals surface area contributed by atoms with Gasteiger partial charge in [-0.1, -0.05) is 26.0 Å². The summed E-state index contributed by atoms with van der Waals surface area (Å²) < 4.78 is 26.7. The van der Waals surface area contributed by atoms with Crippen molar-refractivity contribution in [2.24, 2.45) is 5.92 Å². The van der Waals surface area contributed by atoms with Crippen LogP contribution in [0.25, 0.3) is 11.0 Å². The van der Waals surface area contributed by atoms with E-state index >= 15 is 0 Å². The summed E-state index contributed by atoms with van der Waals surface area (Å²) in [5, 5.41) is 5.19. The van der Waals surface area contributed by atoms with E-state index in [4.69, 9.17) is 0 Å². The molecule has 3 N–H and O–H groups in total. The molecule has 3 rings (SSSR count). The zero-order valence-electron chi connectivity index (χ0n) is 15.4. The summed E-state index contributed by atoms with van der Waals surface area (Å²) in [6.45, 7) is 3.80. The van der Waals surface area contributed by atoms with Crippen LogP contribution in [-0.4, -0.2) is 27.8 Å². The lowest BCUT2D eigenvalue weighted by atomic mass is 10.0. The van der Waals surface area contributed by atoms with E-state index in [1.807, 2.05) is 32.0 Å². The van der Waals surface area contributed by atoms with E-state index in [1.165, 1.54) is 0 Å². The van der Waals surface area contributed by atoms with E-state index in [1.54, 1.807) is 6.07 Å². The van der Waals surface area contributed by atoms with Gasteiger partial charge in [0.25, 0.3) is 5.91 Å². The van der Waals surface area contributed by atoms with Crippen LogP contribution in [0.3, 0.4) is 0 Å². The molecule has 0 saturated heterocycles. The van der Waals surface area contributed by atoms with Crippen LogP contribution in [0.4, 0.5) is 14.7 Å². The predicted octanol–water partition coefficient (Wildman–Crippen LogP) is 3.62. The van der Waals surface area contributed by atoms with Gasteiger partial charge in [-0.05, 0) is 36.6 Å². The molecule has 1 atom stereocenters. The summed E-state index contributed by atoms with van der Waals surface area (Å²) in [6.07, 6.45) is 0.343. The smallest absolute Gasteiger partial charge is 0.252 e. The number of fused-ring (bicyclic) bond motifs is 1. The molecule has 0 fully saturated rings. The number of hydrogen-bond acceptors (Lipinski definition) is 3. The van der Waals surface area contributed by atoms with Gasteiger partial charge in [0.1, 0.15) is 17.7 Å². The summed E-state index contributed by atoms with van der Waals surface area (Å²) in [5.74, 6) is -2.58. The maximum atomic E-state index is 13.4. The number of imidazole rings is 1. The molecule has 3 aromatic rings. The third kappa shape index (κ3) is 4.70. The first kappa shape index (κ1) is 19.5. The van der Waals surface area contributed by atoms with Crippen molar-refractivity contribution in [1.82, 2.24) is 15.3 Å². The summed E-state index contributed by atoms with van der Waals surface area (Å²) in [7, 11) is 0. The highest BCUT2D eigenvalue weighted by Gasteiger charge is 2.24. The van der Waals surface area contributed by atoms with E-state index < -0.39 is 29.5 Å². The molecule has 28 heavy (non-hydrogen) atoms. The molecule has 2 amide bonds. The number of amides is 2. The topological polar surface area (TPSA) is 86.9 Å². The number of para-hydroxylation sites is 2. The molecular formula is C20H20F2N4O2. The van der Waals surface area contributed by atoms with Crippen molar-refractivity contribution in [3.8, 4) is 0 Å². The van der Waals surface area contributed by atoms with Crippen molar-refractivity contribution in [3.63, 3.8) is 0 Å². The summed E-state index contributed by atoms with van der Waals surface area (Å²) in [4.78, 5) is 32.3. The number of rotatable bonds is 6. The molecule has 0 spiro atoms. The fraction of sp³-hybridized carbons (Fsp3) is 0.250. The van der Waals surface area contributed by atoms with Crippen LogP contribution in [-0.2, 0) is 4.79 Å². The summed E-state index contributed by atoms with van der Waals surface area (Å²) in [5.41, 5.74) is 1.26. The number of nitrogens with zero attached hydrogens (tertiary/aromatic N) is 1. The lowest BCUT2D eigenvalue weighted by molar-refractivity contribution is -0.118. The van der Waals surface area contributed by atoms with E-state index in [0.29, 0.717) is 18.0 Å². The van der Waals surface area contributed by atoms with Crippen LogP contribution in [0, 0.1) is 17.6 Å². The van der Waals surface area contributed by atoms with Gasteiger partial charge < -0.3 is 10.3 Å². The number of hydrogen-bond donors (Lipinski definition) is 3. The van der Waals surface area contributed by atoms with Gasteiger partial charge in [-0.25, -0.2) is 13.8 Å². The molecule has 0 unspecified atom stereocenters. The van der Waals surface area contributed by atoms with Gasteiger partial charge in [-0.15, -0.1) is 0 Å². The number of halogens is 2. The zero-order valence-corrected chi connectivity index (χ0v) is 15.4. The normalized spacial score (nSPS) is 12.2. The van der Waals surface area contributed by atoms with Crippen molar-refractivity contribution < 1.29 is 18.4 Å². The second-order valence-electron chi connectivity index (χ2n) is 6.91. The number of aromatic amines is 1. The lowest BCUT2D eigenvalue weighted by Crippen LogP contribution is -2.44. The predicted molar refractivity (Wildman–Crippen MR) is 102 cm³/mol. The molecule has 0 aliphatic carbocycles. The highest BCUT2D eigenvalue weighted by molar-refractivity contribution is 6.01. The molecule has 0 aliphatic heterocycles. The quantitative estimate of drug-likeness (QED) is 0.605. The molecule has 1 aromatic heterocycles. The van der Waals surface area contributed by atoms with Crippen LogP contribution in [0.5, 0.6) is 0 Å². The van der Waals surface area contributed by atoms with Gasteiger partial charge in [0.15, 0.2) is 0 Å². The Kier molecular flexibility index (Phi) is 5.67. The van der Waals surface area contributed by atoms with Gasteiger partial charge in [0.2, 0.25) is 11.9 Å². The molecule has 2 aromatic carbocycles. The van der Waals surface area contributed by atoms with E-state index in [2.05, 4.69) is 20.6 Å². The molecule has 0 saturated carbocycles. The first-order valence-electron chi connectivity index (χ1n) is 8.84. The fourth-order valence-electron chi connectivity index (χ4n) is 2.85. The van der Waals surface area contributed by atoms with Crippen LogP contribution in [0.1, 0.15) is 30.6 Å². The number of carbonyl (C=O) groups is 2. The van der Waals surface area contributed by atoms with Crippen molar-refractivity contribution in [2.75, 3.05) is 5.32 Å². The average Bonchev–Trinajstić information content (AvgIpc) is 3.02. The summed E-state index contributed by atoms with van der Waals surface area (Å²) in [6, 6.07) is 8.91. The summed E-state index contributed by atoms with van der Waals surface area (Å²) >= 11 is 0. The Balaban J connectivity index is 1.76. The van der Waals surface area contributed by atoms with E-state index in [9.17, 15) is 18.4 Å². The van der Waals surface area contributed by atoms with Gasteiger partial charge in [0.05, 0.1) is 11.0 Å². The third-order valence-corrected chi connectivity index (χ3v) is 4.08. The highest BCUT2D eigenvalue weighted by atomic mass is 19.1. The minimum atomic E-state index is -0.896. The second kappa shape index (κ2) is 8.16. The molecular weight excluding hydrogens is 366 g/mol.